The Morgan fingerprint density at radius 3 is 2.54 bits per heavy atom. The van der Waals surface area contributed by atoms with Crippen LogP contribution in [0.15, 0.2) is 24.3 Å². The standard InChI is InChI=1S/C16H17F3N2O3/c1-9(3-6-14(22)23)20-15(24)13-8-10-7-11(16(17,18)19)4-5-12(10)21(13)2/h4-5,7-9H,3,6H2,1-2H3,(H,20,24)(H,22,23). The van der Waals surface area contributed by atoms with Crippen LogP contribution in [-0.4, -0.2) is 27.6 Å². The lowest BCUT2D eigenvalue weighted by atomic mass is 10.1. The molecule has 0 aliphatic heterocycles. The lowest BCUT2D eigenvalue weighted by Crippen LogP contribution is -2.34. The van der Waals surface area contributed by atoms with E-state index in [1.807, 2.05) is 0 Å². The predicted molar refractivity (Wildman–Crippen MR) is 81.7 cm³/mol. The number of amides is 1. The van der Waals surface area contributed by atoms with Crippen LogP contribution in [0.2, 0.25) is 0 Å². The fourth-order valence-corrected chi connectivity index (χ4v) is 2.45. The first-order valence-corrected chi connectivity index (χ1v) is 7.29. The highest BCUT2D eigenvalue weighted by molar-refractivity contribution is 5.99. The van der Waals surface area contributed by atoms with Gasteiger partial charge in [-0.15, -0.1) is 0 Å². The van der Waals surface area contributed by atoms with E-state index in [1.54, 1.807) is 14.0 Å². The second-order valence-corrected chi connectivity index (χ2v) is 5.67. The van der Waals surface area contributed by atoms with Crippen LogP contribution < -0.4 is 5.32 Å². The molecule has 2 rings (SSSR count). The molecule has 0 aliphatic carbocycles. The number of halogens is 3. The van der Waals surface area contributed by atoms with E-state index < -0.39 is 23.6 Å². The number of hydrogen-bond acceptors (Lipinski definition) is 2. The summed E-state index contributed by atoms with van der Waals surface area (Å²) in [5.74, 6) is -1.42. The molecule has 0 saturated carbocycles. The van der Waals surface area contributed by atoms with Gasteiger partial charge in [0.1, 0.15) is 5.69 Å². The maximum atomic E-state index is 12.8. The summed E-state index contributed by atoms with van der Waals surface area (Å²) >= 11 is 0. The normalized spacial score (nSPS) is 13.0. The third-order valence-electron chi connectivity index (χ3n) is 3.77. The third kappa shape index (κ3) is 3.87. The molecule has 1 atom stereocenters. The minimum atomic E-state index is -4.45. The maximum absolute atomic E-state index is 12.8. The van der Waals surface area contributed by atoms with Crippen LogP contribution in [0.4, 0.5) is 13.2 Å². The maximum Gasteiger partial charge on any atom is 0.416 e. The highest BCUT2D eigenvalue weighted by Gasteiger charge is 2.31. The van der Waals surface area contributed by atoms with Gasteiger partial charge in [-0.3, -0.25) is 9.59 Å². The number of nitrogens with one attached hydrogen (secondary N) is 1. The summed E-state index contributed by atoms with van der Waals surface area (Å²) in [6, 6.07) is 4.32. The molecule has 1 amide bonds. The van der Waals surface area contributed by atoms with Crippen molar-refractivity contribution in [1.82, 2.24) is 9.88 Å². The van der Waals surface area contributed by atoms with Crippen molar-refractivity contribution in [3.05, 3.63) is 35.5 Å². The molecule has 1 heterocycles. The van der Waals surface area contributed by atoms with Crippen molar-refractivity contribution in [3.63, 3.8) is 0 Å². The molecule has 0 bridgehead atoms. The Morgan fingerprint density at radius 1 is 1.29 bits per heavy atom. The molecule has 0 fully saturated rings. The van der Waals surface area contributed by atoms with Crippen LogP contribution in [0.5, 0.6) is 0 Å². The van der Waals surface area contributed by atoms with Crippen molar-refractivity contribution in [2.75, 3.05) is 0 Å². The molecule has 0 aliphatic rings. The first-order valence-electron chi connectivity index (χ1n) is 7.29. The monoisotopic (exact) mass is 342 g/mol. The van der Waals surface area contributed by atoms with Gasteiger partial charge in [0, 0.05) is 30.4 Å². The highest BCUT2D eigenvalue weighted by Crippen LogP contribution is 2.32. The van der Waals surface area contributed by atoms with Gasteiger partial charge < -0.3 is 15.0 Å². The summed E-state index contributed by atoms with van der Waals surface area (Å²) in [6.07, 6.45) is -4.26. The number of benzene rings is 1. The topological polar surface area (TPSA) is 71.3 Å². The molecule has 0 saturated heterocycles. The lowest BCUT2D eigenvalue weighted by molar-refractivity contribution is -0.138. The smallest absolute Gasteiger partial charge is 0.416 e. The minimum Gasteiger partial charge on any atom is -0.481 e. The summed E-state index contributed by atoms with van der Waals surface area (Å²) in [4.78, 5) is 22.8. The van der Waals surface area contributed by atoms with Crippen molar-refractivity contribution in [3.8, 4) is 0 Å². The molecular weight excluding hydrogens is 325 g/mol. The van der Waals surface area contributed by atoms with Gasteiger partial charge in [0.2, 0.25) is 0 Å². The van der Waals surface area contributed by atoms with Crippen molar-refractivity contribution < 1.29 is 27.9 Å². The van der Waals surface area contributed by atoms with Crippen molar-refractivity contribution in [1.29, 1.82) is 0 Å². The molecule has 8 heteroatoms. The highest BCUT2D eigenvalue weighted by atomic mass is 19.4. The van der Waals surface area contributed by atoms with Crippen molar-refractivity contribution in [2.24, 2.45) is 7.05 Å². The SMILES string of the molecule is CC(CCC(=O)O)NC(=O)c1cc2cc(C(F)(F)F)ccc2n1C. The van der Waals surface area contributed by atoms with Crippen molar-refractivity contribution >= 4 is 22.8 Å². The Balaban J connectivity index is 2.24. The first-order chi connectivity index (χ1) is 11.1. The summed E-state index contributed by atoms with van der Waals surface area (Å²) < 4.78 is 39.8. The summed E-state index contributed by atoms with van der Waals surface area (Å²) in [7, 11) is 1.59. The number of aryl methyl sites for hydroxylation is 1. The van der Waals surface area contributed by atoms with E-state index in [4.69, 9.17) is 5.11 Å². The lowest BCUT2D eigenvalue weighted by Gasteiger charge is -2.13. The van der Waals surface area contributed by atoms with Gasteiger partial charge in [-0.1, -0.05) is 0 Å². The van der Waals surface area contributed by atoms with Gasteiger partial charge >= 0.3 is 12.1 Å². The first kappa shape index (κ1) is 17.8. The molecule has 24 heavy (non-hydrogen) atoms. The molecule has 1 aromatic carbocycles. The number of rotatable bonds is 5. The van der Waals surface area contributed by atoms with E-state index in [-0.39, 0.29) is 24.6 Å². The number of carboxylic acids is 1. The second kappa shape index (κ2) is 6.54. The average Bonchev–Trinajstić information content (AvgIpc) is 2.81. The molecule has 0 spiro atoms. The molecule has 1 aromatic heterocycles. The van der Waals surface area contributed by atoms with Crippen LogP contribution in [0, 0.1) is 0 Å². The van der Waals surface area contributed by atoms with Gasteiger partial charge in [0.25, 0.3) is 5.91 Å². The summed E-state index contributed by atoms with van der Waals surface area (Å²) in [6.45, 7) is 1.67. The number of fused-ring (bicyclic) bond motifs is 1. The van der Waals surface area contributed by atoms with E-state index in [1.165, 1.54) is 16.7 Å². The van der Waals surface area contributed by atoms with Crippen LogP contribution in [-0.2, 0) is 18.0 Å². The number of hydrogen-bond donors (Lipinski definition) is 2. The minimum absolute atomic E-state index is 0.0779. The van der Waals surface area contributed by atoms with Crippen LogP contribution in [0.25, 0.3) is 10.9 Å². The summed E-state index contributed by atoms with van der Waals surface area (Å²) in [5, 5.41) is 11.6. The largest absolute Gasteiger partial charge is 0.481 e. The molecule has 5 nitrogen and oxygen atoms in total. The number of aromatic nitrogens is 1. The fraction of sp³-hybridized carbons (Fsp3) is 0.375. The Labute approximate surface area is 136 Å². The zero-order valence-corrected chi connectivity index (χ0v) is 13.1. The van der Waals surface area contributed by atoms with Gasteiger partial charge in [0.15, 0.2) is 0 Å². The average molecular weight is 342 g/mol. The predicted octanol–water partition coefficient (Wildman–Crippen LogP) is 3.18. The third-order valence-corrected chi connectivity index (χ3v) is 3.77. The number of nitrogens with zero attached hydrogens (tertiary/aromatic N) is 1. The zero-order valence-electron chi connectivity index (χ0n) is 13.1. The quantitative estimate of drug-likeness (QED) is 0.877. The molecule has 0 radical (unpaired) electrons. The number of aliphatic carboxylic acids is 1. The Bertz CT molecular complexity index is 781. The molecule has 2 aromatic rings. The fourth-order valence-electron chi connectivity index (χ4n) is 2.45. The van der Waals surface area contributed by atoms with E-state index >= 15 is 0 Å². The Kier molecular flexibility index (Phi) is 4.86. The molecule has 130 valence electrons. The number of alkyl halides is 3. The Morgan fingerprint density at radius 2 is 1.96 bits per heavy atom. The summed E-state index contributed by atoms with van der Waals surface area (Å²) in [5.41, 5.74) is -0.0553. The second-order valence-electron chi connectivity index (χ2n) is 5.67. The number of carbonyl (C=O) groups is 2. The van der Waals surface area contributed by atoms with Gasteiger partial charge in [0.05, 0.1) is 5.56 Å². The van der Waals surface area contributed by atoms with E-state index in [9.17, 15) is 22.8 Å². The Hall–Kier alpha value is -2.51. The van der Waals surface area contributed by atoms with E-state index in [0.717, 1.165) is 12.1 Å². The zero-order chi connectivity index (χ0) is 18.1. The molecular formula is C16H17F3N2O3. The van der Waals surface area contributed by atoms with Crippen LogP contribution in [0.1, 0.15) is 35.8 Å². The van der Waals surface area contributed by atoms with Gasteiger partial charge in [-0.2, -0.15) is 13.2 Å². The van der Waals surface area contributed by atoms with Crippen molar-refractivity contribution in [2.45, 2.75) is 32.0 Å². The van der Waals surface area contributed by atoms with Crippen LogP contribution in [0.3, 0.4) is 0 Å². The van der Waals surface area contributed by atoms with Gasteiger partial charge in [-0.05, 0) is 37.6 Å². The molecule has 1 unspecified atom stereocenters. The van der Waals surface area contributed by atoms with E-state index in [2.05, 4.69) is 5.32 Å². The van der Waals surface area contributed by atoms with Gasteiger partial charge in [-0.25, -0.2) is 0 Å². The molecule has 2 N–H and O–H groups in total. The number of carboxylic acid groups (broad SMARTS) is 1. The number of carbonyl (C=O) groups excluding carboxylic acids is 1. The van der Waals surface area contributed by atoms with Crippen LogP contribution >= 0.6 is 0 Å². The van der Waals surface area contributed by atoms with E-state index in [0.29, 0.717) is 10.9 Å².